The highest BCUT2D eigenvalue weighted by atomic mass is 32.1. The summed E-state index contributed by atoms with van der Waals surface area (Å²) in [5, 5.41) is 0. The van der Waals surface area contributed by atoms with E-state index in [0.717, 1.165) is 11.1 Å². The van der Waals surface area contributed by atoms with Crippen LogP contribution in [0.1, 0.15) is 24.1 Å². The number of aromatic nitrogens is 1. The molecule has 0 bridgehead atoms. The molecule has 0 amide bonds. The third-order valence-corrected chi connectivity index (χ3v) is 6.27. The van der Waals surface area contributed by atoms with Crippen LogP contribution in [0.25, 0.3) is 6.08 Å². The molecule has 2 heterocycles. The number of carbonyl (C=O) groups excluding carboxylic acids is 1. The number of nitrogens with zero attached hydrogens (tertiary/aromatic N) is 2. The molecule has 0 N–H and O–H groups in total. The predicted molar refractivity (Wildman–Crippen MR) is 122 cm³/mol. The summed E-state index contributed by atoms with van der Waals surface area (Å²) in [7, 11) is 4.49. The summed E-state index contributed by atoms with van der Waals surface area (Å²) in [5.74, 6) is 0.820. The predicted octanol–water partition coefficient (Wildman–Crippen LogP) is 2.43. The van der Waals surface area contributed by atoms with Crippen LogP contribution < -0.4 is 24.4 Å². The lowest BCUT2D eigenvalue weighted by Gasteiger charge is -2.24. The van der Waals surface area contributed by atoms with Crippen molar-refractivity contribution in [1.82, 2.24) is 4.57 Å². The zero-order valence-corrected chi connectivity index (χ0v) is 18.9. The highest BCUT2D eigenvalue weighted by Gasteiger charge is 2.33. The molecule has 7 nitrogen and oxygen atoms in total. The average Bonchev–Trinajstić information content (AvgIpc) is 3.12. The molecular formula is C24H22N2O5S. The molecule has 0 saturated heterocycles. The van der Waals surface area contributed by atoms with E-state index < -0.39 is 12.0 Å². The smallest absolute Gasteiger partial charge is 0.338 e. The van der Waals surface area contributed by atoms with Gasteiger partial charge in [-0.25, -0.2) is 9.79 Å². The number of esters is 1. The van der Waals surface area contributed by atoms with Crippen molar-refractivity contribution < 1.29 is 19.0 Å². The molecule has 1 atom stereocenters. The number of benzene rings is 2. The molecule has 0 saturated carbocycles. The molecule has 3 aromatic rings. The third-order valence-electron chi connectivity index (χ3n) is 5.28. The van der Waals surface area contributed by atoms with E-state index in [1.54, 1.807) is 43.9 Å². The SMILES string of the molecule is COC(=O)C1=C(C)N=c2s/c(=C/c3ccccc3OC)c(=O)n2C1c1ccc(OC)cc1. The van der Waals surface area contributed by atoms with Gasteiger partial charge in [-0.1, -0.05) is 41.7 Å². The number of thiazole rings is 1. The standard InChI is InChI=1S/C24H22N2O5S/c1-14-20(23(28)31-4)21(15-9-11-17(29-2)12-10-15)26-22(27)19(32-24(26)25-14)13-16-7-5-6-8-18(16)30-3/h5-13,21H,1-4H3/b19-13+. The van der Waals surface area contributed by atoms with E-state index in [-0.39, 0.29) is 5.56 Å². The number of carbonyl (C=O) groups is 1. The van der Waals surface area contributed by atoms with Gasteiger partial charge < -0.3 is 14.2 Å². The van der Waals surface area contributed by atoms with Crippen molar-refractivity contribution in [2.24, 2.45) is 4.99 Å². The van der Waals surface area contributed by atoms with Crippen molar-refractivity contribution in [3.63, 3.8) is 0 Å². The first-order valence-electron chi connectivity index (χ1n) is 9.86. The highest BCUT2D eigenvalue weighted by Crippen LogP contribution is 2.31. The zero-order valence-electron chi connectivity index (χ0n) is 18.1. The first kappa shape index (κ1) is 21.6. The molecule has 0 fully saturated rings. The molecule has 0 aliphatic carbocycles. The summed E-state index contributed by atoms with van der Waals surface area (Å²) < 4.78 is 17.7. The molecular weight excluding hydrogens is 428 g/mol. The lowest BCUT2D eigenvalue weighted by Crippen LogP contribution is -2.39. The molecule has 4 rings (SSSR count). The van der Waals surface area contributed by atoms with E-state index in [9.17, 15) is 9.59 Å². The summed E-state index contributed by atoms with van der Waals surface area (Å²) in [5.41, 5.74) is 2.14. The van der Waals surface area contributed by atoms with Crippen molar-refractivity contribution in [2.45, 2.75) is 13.0 Å². The Morgan fingerprint density at radius 1 is 1.06 bits per heavy atom. The topological polar surface area (TPSA) is 79.1 Å². The van der Waals surface area contributed by atoms with Crippen molar-refractivity contribution in [2.75, 3.05) is 21.3 Å². The summed E-state index contributed by atoms with van der Waals surface area (Å²) in [4.78, 5) is 31.3. The first-order valence-corrected chi connectivity index (χ1v) is 10.7. The monoisotopic (exact) mass is 450 g/mol. The van der Waals surface area contributed by atoms with Crippen LogP contribution >= 0.6 is 11.3 Å². The fourth-order valence-electron chi connectivity index (χ4n) is 3.72. The molecule has 0 radical (unpaired) electrons. The van der Waals surface area contributed by atoms with Crippen molar-refractivity contribution in [3.05, 3.63) is 90.6 Å². The summed E-state index contributed by atoms with van der Waals surface area (Å²) in [6.07, 6.45) is 1.78. The number of allylic oxidation sites excluding steroid dienone is 1. The van der Waals surface area contributed by atoms with Crippen LogP contribution in [0.5, 0.6) is 11.5 Å². The van der Waals surface area contributed by atoms with Gasteiger partial charge >= 0.3 is 5.97 Å². The second kappa shape index (κ2) is 8.84. The van der Waals surface area contributed by atoms with Gasteiger partial charge in [0.2, 0.25) is 0 Å². The molecule has 1 aliphatic rings. The Kier molecular flexibility index (Phi) is 5.96. The Balaban J connectivity index is 1.97. The van der Waals surface area contributed by atoms with Crippen LogP contribution in [0, 0.1) is 0 Å². The summed E-state index contributed by atoms with van der Waals surface area (Å²) in [6.45, 7) is 1.75. The van der Waals surface area contributed by atoms with E-state index in [4.69, 9.17) is 14.2 Å². The molecule has 1 unspecified atom stereocenters. The maximum atomic E-state index is 13.5. The van der Waals surface area contributed by atoms with Crippen LogP contribution in [0.3, 0.4) is 0 Å². The van der Waals surface area contributed by atoms with E-state index in [1.165, 1.54) is 18.4 Å². The largest absolute Gasteiger partial charge is 0.497 e. The van der Waals surface area contributed by atoms with Gasteiger partial charge in [-0.2, -0.15) is 0 Å². The van der Waals surface area contributed by atoms with Crippen LogP contribution in [-0.2, 0) is 9.53 Å². The average molecular weight is 451 g/mol. The molecule has 32 heavy (non-hydrogen) atoms. The van der Waals surface area contributed by atoms with Gasteiger partial charge in [0.05, 0.1) is 43.2 Å². The molecule has 164 valence electrons. The van der Waals surface area contributed by atoms with Gasteiger partial charge in [0.1, 0.15) is 11.5 Å². The second-order valence-corrected chi connectivity index (χ2v) is 8.10. The molecule has 1 aromatic heterocycles. The number of ether oxygens (including phenoxy) is 3. The van der Waals surface area contributed by atoms with Gasteiger partial charge in [0.25, 0.3) is 5.56 Å². The number of para-hydroxylation sites is 1. The summed E-state index contributed by atoms with van der Waals surface area (Å²) >= 11 is 1.27. The Hall–Kier alpha value is -3.65. The number of hydrogen-bond acceptors (Lipinski definition) is 7. The maximum absolute atomic E-state index is 13.5. The summed E-state index contributed by atoms with van der Waals surface area (Å²) in [6, 6.07) is 14.1. The molecule has 2 aromatic carbocycles. The minimum absolute atomic E-state index is 0.241. The quantitative estimate of drug-likeness (QED) is 0.558. The third kappa shape index (κ3) is 3.73. The first-order chi connectivity index (χ1) is 15.5. The van der Waals surface area contributed by atoms with Crippen LogP contribution in [0.4, 0.5) is 0 Å². The minimum atomic E-state index is -0.663. The van der Waals surface area contributed by atoms with Crippen LogP contribution in [0.15, 0.2) is 69.6 Å². The Labute approximate surface area is 188 Å². The van der Waals surface area contributed by atoms with Gasteiger partial charge in [0, 0.05) is 5.56 Å². The zero-order chi connectivity index (χ0) is 22.8. The van der Waals surface area contributed by atoms with Crippen LogP contribution in [0.2, 0.25) is 0 Å². The Bertz CT molecular complexity index is 1380. The van der Waals surface area contributed by atoms with Gasteiger partial charge in [-0.3, -0.25) is 9.36 Å². The van der Waals surface area contributed by atoms with Crippen LogP contribution in [-0.4, -0.2) is 31.9 Å². The molecule has 1 aliphatic heterocycles. The van der Waals surface area contributed by atoms with E-state index in [1.807, 2.05) is 36.4 Å². The van der Waals surface area contributed by atoms with E-state index in [0.29, 0.717) is 32.1 Å². The van der Waals surface area contributed by atoms with Gasteiger partial charge in [-0.15, -0.1) is 0 Å². The molecule has 0 spiro atoms. The lowest BCUT2D eigenvalue weighted by molar-refractivity contribution is -0.136. The number of hydrogen-bond donors (Lipinski definition) is 0. The van der Waals surface area contributed by atoms with Gasteiger partial charge in [0.15, 0.2) is 4.80 Å². The number of rotatable bonds is 5. The number of fused-ring (bicyclic) bond motifs is 1. The Morgan fingerprint density at radius 3 is 2.44 bits per heavy atom. The lowest BCUT2D eigenvalue weighted by atomic mass is 9.96. The molecule has 8 heteroatoms. The second-order valence-electron chi connectivity index (χ2n) is 7.09. The number of methoxy groups -OCH3 is 3. The van der Waals surface area contributed by atoms with Gasteiger partial charge in [-0.05, 0) is 36.8 Å². The fraction of sp³-hybridized carbons (Fsp3) is 0.208. The van der Waals surface area contributed by atoms with Crippen molar-refractivity contribution in [3.8, 4) is 11.5 Å². The Morgan fingerprint density at radius 2 is 1.78 bits per heavy atom. The normalized spacial score (nSPS) is 15.8. The van der Waals surface area contributed by atoms with Crippen molar-refractivity contribution >= 4 is 23.4 Å². The fourth-order valence-corrected chi connectivity index (χ4v) is 4.76. The minimum Gasteiger partial charge on any atom is -0.497 e. The van der Waals surface area contributed by atoms with E-state index in [2.05, 4.69) is 4.99 Å². The highest BCUT2D eigenvalue weighted by molar-refractivity contribution is 7.07. The van der Waals surface area contributed by atoms with Crippen molar-refractivity contribution in [1.29, 1.82) is 0 Å². The maximum Gasteiger partial charge on any atom is 0.338 e. The van der Waals surface area contributed by atoms with E-state index >= 15 is 0 Å².